The van der Waals surface area contributed by atoms with Crippen LogP contribution in [0.5, 0.6) is 0 Å². The molecule has 6 nitrogen and oxygen atoms in total. The molecule has 2 rings (SSSR count). The Bertz CT molecular complexity index is 631. The summed E-state index contributed by atoms with van der Waals surface area (Å²) in [5.74, 6) is -1.38. The van der Waals surface area contributed by atoms with Crippen molar-refractivity contribution in [2.45, 2.75) is 0 Å². The van der Waals surface area contributed by atoms with Gasteiger partial charge in [0, 0.05) is 17.7 Å². The topological polar surface area (TPSA) is 86.7 Å². The number of aromatic nitrogens is 2. The van der Waals surface area contributed by atoms with E-state index < -0.39 is 18.5 Å². The zero-order valence-corrected chi connectivity index (χ0v) is 10.6. The van der Waals surface area contributed by atoms with Gasteiger partial charge in [-0.15, -0.1) is 11.3 Å². The molecule has 0 radical (unpaired) electrons. The molecule has 0 aromatic carbocycles. The normalized spacial score (nSPS) is 11.2. The second-order valence-corrected chi connectivity index (χ2v) is 4.48. The highest BCUT2D eigenvalue weighted by molar-refractivity contribution is 7.15. The smallest absolute Gasteiger partial charge is 0.331 e. The molecule has 2 aromatic heterocycles. The lowest BCUT2D eigenvalue weighted by atomic mass is 10.4. The molecule has 94 valence electrons. The van der Waals surface area contributed by atoms with E-state index in [1.807, 2.05) is 5.38 Å². The van der Waals surface area contributed by atoms with E-state index in [9.17, 15) is 9.59 Å². The van der Waals surface area contributed by atoms with Crippen molar-refractivity contribution in [1.29, 1.82) is 0 Å². The molecule has 0 saturated carbocycles. The maximum Gasteiger partial charge on any atom is 0.331 e. The molecule has 0 saturated heterocycles. The summed E-state index contributed by atoms with van der Waals surface area (Å²) in [6.45, 7) is -0.447. The number of hydrogen-bond donors (Lipinski definition) is 1. The van der Waals surface area contributed by atoms with Crippen LogP contribution in [0.25, 0.3) is 11.0 Å². The van der Waals surface area contributed by atoms with Crippen LogP contribution in [-0.2, 0) is 14.3 Å². The number of thiazole rings is 1. The van der Waals surface area contributed by atoms with Crippen LogP contribution in [0.2, 0.25) is 5.15 Å². The number of hydrogen-bond acceptors (Lipinski definition) is 5. The van der Waals surface area contributed by atoms with Crippen molar-refractivity contribution in [3.8, 4) is 0 Å². The number of amides is 1. The number of primary amides is 1. The molecule has 0 unspecified atom stereocenters. The summed E-state index contributed by atoms with van der Waals surface area (Å²) >= 11 is 7.34. The monoisotopic (exact) mass is 285 g/mol. The van der Waals surface area contributed by atoms with Gasteiger partial charge in [0.25, 0.3) is 5.91 Å². The fourth-order valence-electron chi connectivity index (χ4n) is 1.26. The third-order valence-electron chi connectivity index (χ3n) is 1.99. The molecule has 0 spiro atoms. The van der Waals surface area contributed by atoms with Gasteiger partial charge in [-0.2, -0.15) is 0 Å². The van der Waals surface area contributed by atoms with Crippen LogP contribution in [0.4, 0.5) is 0 Å². The van der Waals surface area contributed by atoms with Crippen LogP contribution in [0, 0.1) is 0 Å². The molecular formula is C10H8ClN3O3S. The van der Waals surface area contributed by atoms with E-state index in [2.05, 4.69) is 9.72 Å². The molecule has 0 fully saturated rings. The van der Waals surface area contributed by atoms with E-state index >= 15 is 0 Å². The Kier molecular flexibility index (Phi) is 3.63. The van der Waals surface area contributed by atoms with Gasteiger partial charge in [-0.3, -0.25) is 9.20 Å². The molecule has 18 heavy (non-hydrogen) atoms. The molecule has 0 bridgehead atoms. The van der Waals surface area contributed by atoms with Crippen LogP contribution in [0.3, 0.4) is 0 Å². The number of esters is 1. The summed E-state index contributed by atoms with van der Waals surface area (Å²) in [6, 6.07) is 0. The highest BCUT2D eigenvalue weighted by Crippen LogP contribution is 2.22. The molecular weight excluding hydrogens is 278 g/mol. The summed E-state index contributed by atoms with van der Waals surface area (Å²) < 4.78 is 6.31. The van der Waals surface area contributed by atoms with E-state index in [1.165, 1.54) is 17.4 Å². The number of fused-ring (bicyclic) bond motifs is 1. The first-order valence-corrected chi connectivity index (χ1v) is 6.08. The molecule has 8 heteroatoms. The lowest BCUT2D eigenvalue weighted by molar-refractivity contribution is -0.142. The Labute approximate surface area is 111 Å². The zero-order chi connectivity index (χ0) is 13.1. The number of carbonyl (C=O) groups excluding carboxylic acids is 2. The van der Waals surface area contributed by atoms with Gasteiger partial charge in [-0.05, 0) is 6.08 Å². The number of ether oxygens (including phenoxy) is 1. The summed E-state index contributed by atoms with van der Waals surface area (Å²) in [7, 11) is 0. The maximum atomic E-state index is 11.2. The third-order valence-corrected chi connectivity index (χ3v) is 3.02. The van der Waals surface area contributed by atoms with Gasteiger partial charge in [-0.25, -0.2) is 9.78 Å². The Balaban J connectivity index is 2.13. The molecule has 2 aromatic rings. The van der Waals surface area contributed by atoms with Crippen molar-refractivity contribution in [3.05, 3.63) is 28.5 Å². The highest BCUT2D eigenvalue weighted by Gasteiger charge is 2.09. The number of halogens is 1. The van der Waals surface area contributed by atoms with Crippen LogP contribution in [0.1, 0.15) is 5.69 Å². The summed E-state index contributed by atoms with van der Waals surface area (Å²) in [5, 5.41) is 2.14. The number of nitrogens with zero attached hydrogens (tertiary/aromatic N) is 2. The van der Waals surface area contributed by atoms with Crippen LogP contribution in [0.15, 0.2) is 17.7 Å². The standard InChI is InChI=1S/C10H8ClN3O3S/c11-9-6(14-3-4-18-10(14)13-9)1-2-8(16)17-5-7(12)15/h1-4H,5H2,(H2,12,15). The summed E-state index contributed by atoms with van der Waals surface area (Å²) in [5.41, 5.74) is 5.42. The van der Waals surface area contributed by atoms with Crippen molar-refractivity contribution in [2.24, 2.45) is 5.73 Å². The van der Waals surface area contributed by atoms with Crippen LogP contribution in [-0.4, -0.2) is 27.9 Å². The number of carbonyl (C=O) groups is 2. The van der Waals surface area contributed by atoms with Gasteiger partial charge in [0.1, 0.15) is 0 Å². The van der Waals surface area contributed by atoms with E-state index in [4.69, 9.17) is 17.3 Å². The van der Waals surface area contributed by atoms with E-state index in [-0.39, 0.29) is 0 Å². The Morgan fingerprint density at radius 1 is 1.61 bits per heavy atom. The molecule has 0 aliphatic rings. The minimum atomic E-state index is -0.709. The number of rotatable bonds is 4. The Morgan fingerprint density at radius 2 is 2.39 bits per heavy atom. The lowest BCUT2D eigenvalue weighted by Gasteiger charge is -1.96. The second-order valence-electron chi connectivity index (χ2n) is 3.25. The highest BCUT2D eigenvalue weighted by atomic mass is 35.5. The molecule has 0 atom stereocenters. The Hall–Kier alpha value is -1.86. The van der Waals surface area contributed by atoms with Gasteiger partial charge in [0.05, 0.1) is 5.69 Å². The van der Waals surface area contributed by atoms with Gasteiger partial charge in [0.2, 0.25) is 0 Å². The number of nitrogens with two attached hydrogens (primary N) is 1. The quantitative estimate of drug-likeness (QED) is 0.673. The minimum absolute atomic E-state index is 0.292. The van der Waals surface area contributed by atoms with Crippen molar-refractivity contribution < 1.29 is 14.3 Å². The first kappa shape index (κ1) is 12.6. The maximum absolute atomic E-state index is 11.2. The first-order chi connectivity index (χ1) is 8.58. The van der Waals surface area contributed by atoms with Crippen molar-refractivity contribution in [1.82, 2.24) is 9.38 Å². The average Bonchev–Trinajstić information content (AvgIpc) is 2.84. The fraction of sp³-hybridized carbons (Fsp3) is 0.100. The van der Waals surface area contributed by atoms with Crippen LogP contribution < -0.4 is 5.73 Å². The molecule has 2 N–H and O–H groups in total. The Morgan fingerprint density at radius 3 is 3.11 bits per heavy atom. The lowest BCUT2D eigenvalue weighted by Crippen LogP contribution is -2.19. The van der Waals surface area contributed by atoms with Crippen molar-refractivity contribution >= 4 is 45.9 Å². The second kappa shape index (κ2) is 5.19. The largest absolute Gasteiger partial charge is 0.452 e. The molecule has 1 amide bonds. The van der Waals surface area contributed by atoms with E-state index in [1.54, 1.807) is 10.6 Å². The summed E-state index contributed by atoms with van der Waals surface area (Å²) in [4.78, 5) is 26.5. The predicted molar refractivity (Wildman–Crippen MR) is 67.3 cm³/mol. The minimum Gasteiger partial charge on any atom is -0.452 e. The molecule has 2 heterocycles. The van der Waals surface area contributed by atoms with Gasteiger partial charge in [0.15, 0.2) is 16.7 Å². The predicted octanol–water partition coefficient (Wildman–Crippen LogP) is 1.09. The third kappa shape index (κ3) is 2.69. The van der Waals surface area contributed by atoms with E-state index in [0.29, 0.717) is 10.8 Å². The van der Waals surface area contributed by atoms with Gasteiger partial charge in [-0.1, -0.05) is 11.6 Å². The molecule has 0 aliphatic heterocycles. The van der Waals surface area contributed by atoms with Gasteiger partial charge < -0.3 is 10.5 Å². The van der Waals surface area contributed by atoms with Crippen molar-refractivity contribution in [3.63, 3.8) is 0 Å². The zero-order valence-electron chi connectivity index (χ0n) is 9.00. The fourth-order valence-corrected chi connectivity index (χ4v) is 2.27. The molecule has 0 aliphatic carbocycles. The van der Waals surface area contributed by atoms with E-state index in [0.717, 1.165) is 11.0 Å². The van der Waals surface area contributed by atoms with Crippen LogP contribution >= 0.6 is 22.9 Å². The van der Waals surface area contributed by atoms with Crippen molar-refractivity contribution in [2.75, 3.05) is 6.61 Å². The SMILES string of the molecule is NC(=O)COC(=O)C=Cc1c(Cl)nc2sccn12. The number of imidazole rings is 1. The van der Waals surface area contributed by atoms with Gasteiger partial charge >= 0.3 is 5.97 Å². The average molecular weight is 286 g/mol. The summed E-state index contributed by atoms with van der Waals surface area (Å²) in [6.07, 6.45) is 4.42. The first-order valence-electron chi connectivity index (χ1n) is 4.82.